The molecule has 0 saturated carbocycles. The zero-order chi connectivity index (χ0) is 18.4. The summed E-state index contributed by atoms with van der Waals surface area (Å²) in [6, 6.07) is 10.1. The molecule has 2 N–H and O–H groups in total. The average Bonchev–Trinajstić information content (AvgIpc) is 2.78. The summed E-state index contributed by atoms with van der Waals surface area (Å²) in [5.74, 6) is -1.84. The normalized spacial score (nSPS) is 17.3. The third-order valence-electron chi connectivity index (χ3n) is 4.56. The van der Waals surface area contributed by atoms with Crippen LogP contribution in [0.2, 0.25) is 0 Å². The predicted molar refractivity (Wildman–Crippen MR) is 93.0 cm³/mol. The van der Waals surface area contributed by atoms with Crippen LogP contribution in [0.25, 0.3) is 10.8 Å². The van der Waals surface area contributed by atoms with Crippen LogP contribution in [0.3, 0.4) is 0 Å². The van der Waals surface area contributed by atoms with E-state index in [1.54, 1.807) is 37.3 Å². The van der Waals surface area contributed by atoms with Gasteiger partial charge in [-0.1, -0.05) is 31.2 Å². The fourth-order valence-corrected chi connectivity index (χ4v) is 4.57. The molecule has 2 aromatic rings. The molecule has 1 unspecified atom stereocenters. The second-order valence-electron chi connectivity index (χ2n) is 6.18. The molecular formula is C17H18N2O5S. The standard InChI is InChI=1S/C17H18N2O5S/c1-3-17(2,16(21)22)18-14(20)10-19-12-8-4-6-11-7-5-9-13(15(11)12)25(19,23)24/h4-9H,3,10H2,1-2H3,(H,18,20)(H,21,22). The fraction of sp³-hybridized carbons (Fsp3) is 0.294. The number of nitrogens with one attached hydrogen (secondary N) is 1. The Kier molecular flexibility index (Phi) is 3.95. The van der Waals surface area contributed by atoms with Crippen LogP contribution in [0.15, 0.2) is 41.3 Å². The second kappa shape index (κ2) is 5.73. The number of nitrogens with zero attached hydrogens (tertiary/aromatic N) is 1. The summed E-state index contributed by atoms with van der Waals surface area (Å²) in [6.45, 7) is 2.55. The molecule has 1 atom stereocenters. The lowest BCUT2D eigenvalue weighted by Crippen LogP contribution is -2.54. The van der Waals surface area contributed by atoms with E-state index in [0.29, 0.717) is 11.1 Å². The number of rotatable bonds is 5. The Morgan fingerprint density at radius 1 is 1.20 bits per heavy atom. The van der Waals surface area contributed by atoms with Crippen LogP contribution in [0.5, 0.6) is 0 Å². The molecule has 1 aliphatic rings. The molecule has 25 heavy (non-hydrogen) atoms. The Labute approximate surface area is 145 Å². The van der Waals surface area contributed by atoms with Gasteiger partial charge in [0.15, 0.2) is 0 Å². The average molecular weight is 362 g/mol. The number of sulfonamides is 1. The van der Waals surface area contributed by atoms with Crippen molar-refractivity contribution >= 4 is 38.4 Å². The van der Waals surface area contributed by atoms with Gasteiger partial charge in [0, 0.05) is 5.39 Å². The van der Waals surface area contributed by atoms with Crippen LogP contribution in [-0.4, -0.2) is 37.5 Å². The van der Waals surface area contributed by atoms with E-state index < -0.39 is 34.0 Å². The maximum atomic E-state index is 12.8. The molecule has 3 rings (SSSR count). The Bertz CT molecular complexity index is 980. The van der Waals surface area contributed by atoms with Crippen LogP contribution in [0.4, 0.5) is 5.69 Å². The van der Waals surface area contributed by atoms with Crippen molar-refractivity contribution in [3.8, 4) is 0 Å². The minimum Gasteiger partial charge on any atom is -0.480 e. The third-order valence-corrected chi connectivity index (χ3v) is 6.36. The van der Waals surface area contributed by atoms with Crippen LogP contribution >= 0.6 is 0 Å². The molecule has 8 heteroatoms. The van der Waals surface area contributed by atoms with Gasteiger partial charge in [-0.05, 0) is 30.9 Å². The van der Waals surface area contributed by atoms with Crippen molar-refractivity contribution in [3.63, 3.8) is 0 Å². The number of carboxylic acids is 1. The van der Waals surface area contributed by atoms with Gasteiger partial charge in [-0.2, -0.15) is 0 Å². The van der Waals surface area contributed by atoms with Crippen molar-refractivity contribution in [3.05, 3.63) is 36.4 Å². The van der Waals surface area contributed by atoms with Crippen molar-refractivity contribution in [2.75, 3.05) is 10.8 Å². The number of aliphatic carboxylic acids is 1. The minimum atomic E-state index is -3.85. The van der Waals surface area contributed by atoms with Crippen molar-refractivity contribution in [1.29, 1.82) is 0 Å². The molecule has 0 bridgehead atoms. The predicted octanol–water partition coefficient (Wildman–Crippen LogP) is 1.72. The number of hydrogen-bond donors (Lipinski definition) is 2. The first kappa shape index (κ1) is 17.2. The summed E-state index contributed by atoms with van der Waals surface area (Å²) in [4.78, 5) is 23.9. The van der Waals surface area contributed by atoms with Gasteiger partial charge < -0.3 is 10.4 Å². The first-order valence-electron chi connectivity index (χ1n) is 7.79. The molecule has 0 aliphatic carbocycles. The Balaban J connectivity index is 1.96. The SMILES string of the molecule is CCC(C)(NC(=O)CN1c2cccc3cccc(c23)S1(=O)=O)C(=O)O. The molecule has 1 aliphatic heterocycles. The topological polar surface area (TPSA) is 104 Å². The molecule has 0 fully saturated rings. The van der Waals surface area contributed by atoms with Gasteiger partial charge in [-0.25, -0.2) is 13.2 Å². The van der Waals surface area contributed by atoms with E-state index in [4.69, 9.17) is 0 Å². The van der Waals surface area contributed by atoms with E-state index in [9.17, 15) is 23.1 Å². The quantitative estimate of drug-likeness (QED) is 0.843. The smallest absolute Gasteiger partial charge is 0.329 e. The maximum absolute atomic E-state index is 12.8. The van der Waals surface area contributed by atoms with Crippen molar-refractivity contribution < 1.29 is 23.1 Å². The first-order chi connectivity index (χ1) is 11.7. The number of carboxylic acid groups (broad SMARTS) is 1. The molecule has 0 aromatic heterocycles. The van der Waals surface area contributed by atoms with Crippen LogP contribution in [-0.2, 0) is 19.6 Å². The summed E-state index contributed by atoms with van der Waals surface area (Å²) < 4.78 is 26.6. The fourth-order valence-electron chi connectivity index (χ4n) is 2.90. The van der Waals surface area contributed by atoms with Gasteiger partial charge in [-0.3, -0.25) is 9.10 Å². The lowest BCUT2D eigenvalue weighted by atomic mass is 9.99. The zero-order valence-corrected chi connectivity index (χ0v) is 14.6. The van der Waals surface area contributed by atoms with E-state index in [0.717, 1.165) is 9.69 Å². The highest BCUT2D eigenvalue weighted by Crippen LogP contribution is 2.41. The van der Waals surface area contributed by atoms with Crippen molar-refractivity contribution in [2.45, 2.75) is 30.7 Å². The van der Waals surface area contributed by atoms with E-state index in [2.05, 4.69) is 5.32 Å². The minimum absolute atomic E-state index is 0.157. The van der Waals surface area contributed by atoms with Gasteiger partial charge in [0.2, 0.25) is 5.91 Å². The van der Waals surface area contributed by atoms with Crippen molar-refractivity contribution in [2.24, 2.45) is 0 Å². The largest absolute Gasteiger partial charge is 0.480 e. The Hall–Kier alpha value is -2.61. The lowest BCUT2D eigenvalue weighted by molar-refractivity contribution is -0.146. The molecule has 7 nitrogen and oxygen atoms in total. The number of anilines is 1. The highest BCUT2D eigenvalue weighted by molar-refractivity contribution is 7.93. The molecular weight excluding hydrogens is 344 g/mol. The summed E-state index contributed by atoms with van der Waals surface area (Å²) in [5.41, 5.74) is -1.02. The van der Waals surface area contributed by atoms with E-state index in [1.807, 2.05) is 0 Å². The summed E-state index contributed by atoms with van der Waals surface area (Å²) in [5, 5.41) is 13.0. The Morgan fingerprint density at radius 2 is 1.84 bits per heavy atom. The molecule has 132 valence electrons. The number of carbonyl (C=O) groups is 2. The zero-order valence-electron chi connectivity index (χ0n) is 13.8. The highest BCUT2D eigenvalue weighted by Gasteiger charge is 2.39. The van der Waals surface area contributed by atoms with Gasteiger partial charge in [0.05, 0.1) is 10.6 Å². The highest BCUT2D eigenvalue weighted by atomic mass is 32.2. The van der Waals surface area contributed by atoms with Gasteiger partial charge >= 0.3 is 5.97 Å². The molecule has 1 heterocycles. The van der Waals surface area contributed by atoms with Gasteiger partial charge in [-0.15, -0.1) is 0 Å². The maximum Gasteiger partial charge on any atom is 0.329 e. The molecule has 2 aromatic carbocycles. The van der Waals surface area contributed by atoms with E-state index in [1.165, 1.54) is 13.0 Å². The summed E-state index contributed by atoms with van der Waals surface area (Å²) in [6.07, 6.45) is 0.177. The third kappa shape index (κ3) is 2.62. The molecule has 1 amide bonds. The number of amides is 1. The van der Waals surface area contributed by atoms with Gasteiger partial charge in [0.25, 0.3) is 10.0 Å². The lowest BCUT2D eigenvalue weighted by Gasteiger charge is -2.26. The molecule has 0 saturated heterocycles. The Morgan fingerprint density at radius 3 is 2.44 bits per heavy atom. The van der Waals surface area contributed by atoms with Crippen LogP contribution in [0.1, 0.15) is 20.3 Å². The van der Waals surface area contributed by atoms with Gasteiger partial charge in [0.1, 0.15) is 12.1 Å². The molecule has 0 spiro atoms. The summed E-state index contributed by atoms with van der Waals surface area (Å²) in [7, 11) is -3.85. The molecule has 0 radical (unpaired) electrons. The number of benzene rings is 2. The van der Waals surface area contributed by atoms with Crippen LogP contribution in [0, 0.1) is 0 Å². The monoisotopic (exact) mass is 362 g/mol. The number of hydrogen-bond acceptors (Lipinski definition) is 4. The second-order valence-corrected chi connectivity index (χ2v) is 8.01. The van der Waals surface area contributed by atoms with Crippen LogP contribution < -0.4 is 9.62 Å². The van der Waals surface area contributed by atoms with E-state index >= 15 is 0 Å². The van der Waals surface area contributed by atoms with Crippen molar-refractivity contribution in [1.82, 2.24) is 5.32 Å². The van der Waals surface area contributed by atoms with E-state index in [-0.39, 0.29) is 11.3 Å². The number of carbonyl (C=O) groups excluding carboxylic acids is 1. The first-order valence-corrected chi connectivity index (χ1v) is 9.23. The summed E-state index contributed by atoms with van der Waals surface area (Å²) >= 11 is 0.